The van der Waals surface area contributed by atoms with Crippen molar-refractivity contribution in [1.82, 2.24) is 0 Å². The van der Waals surface area contributed by atoms with E-state index in [-0.39, 0.29) is 0 Å². The first-order valence-corrected chi connectivity index (χ1v) is 18.2. The molecule has 53 heavy (non-hydrogen) atoms. The van der Waals surface area contributed by atoms with Crippen molar-refractivity contribution < 1.29 is 0 Å². The van der Waals surface area contributed by atoms with E-state index in [4.69, 9.17) is 0 Å². The van der Waals surface area contributed by atoms with E-state index in [9.17, 15) is 0 Å². The maximum Gasteiger partial charge on any atom is 0.0540 e. The van der Waals surface area contributed by atoms with Crippen LogP contribution in [0.15, 0.2) is 224 Å². The minimum absolute atomic E-state index is 1.10. The largest absolute Gasteiger partial charge is 0.309 e. The molecule has 0 aliphatic rings. The molecule has 9 aromatic rings. The van der Waals surface area contributed by atoms with E-state index < -0.39 is 0 Å². The van der Waals surface area contributed by atoms with Crippen molar-refractivity contribution in [2.24, 2.45) is 0 Å². The van der Waals surface area contributed by atoms with Crippen LogP contribution >= 0.6 is 0 Å². The van der Waals surface area contributed by atoms with Crippen LogP contribution in [-0.2, 0) is 0 Å². The van der Waals surface area contributed by atoms with Gasteiger partial charge in [0.05, 0.1) is 11.4 Å². The highest BCUT2D eigenvalue weighted by molar-refractivity contribution is 6.01. The fraction of sp³-hybridized carbons (Fsp3) is 0. The molecular formula is C52H37N. The van der Waals surface area contributed by atoms with E-state index in [1.165, 1.54) is 66.4 Å². The number of nitrogens with zero attached hydrogens (tertiary/aromatic N) is 1. The fourth-order valence-corrected chi connectivity index (χ4v) is 7.45. The average molecular weight is 676 g/mol. The first-order valence-electron chi connectivity index (χ1n) is 18.2. The summed E-state index contributed by atoms with van der Waals surface area (Å²) >= 11 is 0. The summed E-state index contributed by atoms with van der Waals surface area (Å²) in [6, 6.07) is 80.8. The summed E-state index contributed by atoms with van der Waals surface area (Å²) in [5.74, 6) is 0. The third-order valence-electron chi connectivity index (χ3n) is 10.1. The number of benzene rings is 9. The first kappa shape index (κ1) is 32.0. The summed E-state index contributed by atoms with van der Waals surface area (Å²) in [4.78, 5) is 2.43. The van der Waals surface area contributed by atoms with Crippen LogP contribution < -0.4 is 4.90 Å². The molecule has 250 valence electrons. The Kier molecular flexibility index (Phi) is 8.66. The van der Waals surface area contributed by atoms with Crippen LogP contribution in [-0.4, -0.2) is 0 Å². The lowest BCUT2D eigenvalue weighted by molar-refractivity contribution is 1.30. The van der Waals surface area contributed by atoms with Gasteiger partial charge in [0.1, 0.15) is 0 Å². The average Bonchev–Trinajstić information content (AvgIpc) is 3.25. The van der Waals surface area contributed by atoms with Gasteiger partial charge in [0, 0.05) is 16.6 Å². The van der Waals surface area contributed by atoms with Crippen molar-refractivity contribution in [1.29, 1.82) is 0 Å². The molecule has 1 nitrogen and oxygen atoms in total. The van der Waals surface area contributed by atoms with Crippen molar-refractivity contribution in [2.75, 3.05) is 4.90 Å². The second-order valence-corrected chi connectivity index (χ2v) is 13.3. The Bertz CT molecular complexity index is 2620. The smallest absolute Gasteiger partial charge is 0.0540 e. The number of hydrogen-bond donors (Lipinski definition) is 0. The van der Waals surface area contributed by atoms with Crippen LogP contribution in [0, 0.1) is 0 Å². The molecule has 0 aliphatic carbocycles. The lowest BCUT2D eigenvalue weighted by Gasteiger charge is -2.29. The minimum atomic E-state index is 1.10. The van der Waals surface area contributed by atoms with Crippen LogP contribution in [0.2, 0.25) is 0 Å². The Morgan fingerprint density at radius 2 is 0.698 bits per heavy atom. The second-order valence-electron chi connectivity index (χ2n) is 13.3. The van der Waals surface area contributed by atoms with Crippen molar-refractivity contribution in [3.05, 3.63) is 224 Å². The lowest BCUT2D eigenvalue weighted by atomic mass is 9.91. The lowest BCUT2D eigenvalue weighted by Crippen LogP contribution is -2.12. The van der Waals surface area contributed by atoms with Gasteiger partial charge in [0.25, 0.3) is 0 Å². The zero-order valence-electron chi connectivity index (χ0n) is 29.3. The van der Waals surface area contributed by atoms with E-state index in [2.05, 4.69) is 229 Å². The van der Waals surface area contributed by atoms with E-state index >= 15 is 0 Å². The van der Waals surface area contributed by atoms with E-state index in [1.807, 2.05) is 0 Å². The van der Waals surface area contributed by atoms with Crippen LogP contribution in [0.5, 0.6) is 0 Å². The van der Waals surface area contributed by atoms with Gasteiger partial charge in [-0.1, -0.05) is 188 Å². The molecule has 0 aliphatic heterocycles. The molecule has 0 bridgehead atoms. The fourth-order valence-electron chi connectivity index (χ4n) is 7.45. The van der Waals surface area contributed by atoms with Gasteiger partial charge in [-0.25, -0.2) is 0 Å². The summed E-state index contributed by atoms with van der Waals surface area (Å²) in [5, 5.41) is 2.41. The van der Waals surface area contributed by atoms with Gasteiger partial charge in [-0.3, -0.25) is 0 Å². The van der Waals surface area contributed by atoms with Gasteiger partial charge >= 0.3 is 0 Å². The highest BCUT2D eigenvalue weighted by Crippen LogP contribution is 2.45. The summed E-state index contributed by atoms with van der Waals surface area (Å²) in [6.45, 7) is 0. The van der Waals surface area contributed by atoms with E-state index in [0.717, 1.165) is 17.1 Å². The van der Waals surface area contributed by atoms with E-state index in [1.54, 1.807) is 0 Å². The molecule has 9 aromatic carbocycles. The van der Waals surface area contributed by atoms with Crippen LogP contribution in [0.4, 0.5) is 17.1 Å². The SMILES string of the molecule is c1ccc(-c2ccc(N(c3ccc(-c4ccc(-c5ccccc5)c(-c5ccccc5)c4)cc3)c3cccc4ccccc34)c(-c3ccccc3)c2)cc1. The highest BCUT2D eigenvalue weighted by Gasteiger charge is 2.20. The third kappa shape index (κ3) is 6.42. The summed E-state index contributed by atoms with van der Waals surface area (Å²) in [6.07, 6.45) is 0. The minimum Gasteiger partial charge on any atom is -0.309 e. The molecule has 0 radical (unpaired) electrons. The van der Waals surface area contributed by atoms with Crippen molar-refractivity contribution in [2.45, 2.75) is 0 Å². The number of anilines is 3. The molecule has 0 N–H and O–H groups in total. The number of rotatable bonds is 8. The maximum absolute atomic E-state index is 2.43. The van der Waals surface area contributed by atoms with Crippen molar-refractivity contribution in [3.8, 4) is 55.6 Å². The Hall–Kier alpha value is -6.96. The van der Waals surface area contributed by atoms with Crippen LogP contribution in [0.3, 0.4) is 0 Å². The zero-order chi connectivity index (χ0) is 35.4. The summed E-state index contributed by atoms with van der Waals surface area (Å²) in [7, 11) is 0. The molecule has 0 atom stereocenters. The molecule has 0 spiro atoms. The first-order chi connectivity index (χ1) is 26.3. The van der Waals surface area contributed by atoms with Crippen LogP contribution in [0.1, 0.15) is 0 Å². The molecule has 9 rings (SSSR count). The maximum atomic E-state index is 2.43. The summed E-state index contributed by atoms with van der Waals surface area (Å²) < 4.78 is 0. The molecule has 0 aromatic heterocycles. The molecule has 0 fully saturated rings. The Labute approximate surface area is 311 Å². The highest BCUT2D eigenvalue weighted by atomic mass is 15.1. The summed E-state index contributed by atoms with van der Waals surface area (Å²) in [5.41, 5.74) is 15.3. The molecular weight excluding hydrogens is 639 g/mol. The second kappa shape index (κ2) is 14.3. The van der Waals surface area contributed by atoms with Crippen molar-refractivity contribution in [3.63, 3.8) is 0 Å². The molecule has 0 amide bonds. The Morgan fingerprint density at radius 1 is 0.245 bits per heavy atom. The van der Waals surface area contributed by atoms with Gasteiger partial charge in [0.2, 0.25) is 0 Å². The molecule has 0 saturated carbocycles. The topological polar surface area (TPSA) is 3.24 Å². The normalized spacial score (nSPS) is 11.0. The molecule has 0 saturated heterocycles. The van der Waals surface area contributed by atoms with Gasteiger partial charge in [-0.05, 0) is 91.9 Å². The molecule has 1 heteroatoms. The van der Waals surface area contributed by atoms with Gasteiger partial charge in [-0.15, -0.1) is 0 Å². The van der Waals surface area contributed by atoms with Gasteiger partial charge in [0.15, 0.2) is 0 Å². The zero-order valence-corrected chi connectivity index (χ0v) is 29.3. The predicted octanol–water partition coefficient (Wildman–Crippen LogP) is 14.6. The standard InChI is InChI=1S/C52H37N/c1-5-16-38(17-6-1)45-31-35-52(50(37-45)43-22-11-4-12-23-43)53(51-27-15-25-41-24-13-14-26-48(41)51)46-32-28-39(29-33-46)44-30-34-47(40-18-7-2-8-19-40)49(36-44)42-20-9-3-10-21-42/h1-37H. The monoisotopic (exact) mass is 675 g/mol. The van der Waals surface area contributed by atoms with Crippen LogP contribution in [0.25, 0.3) is 66.4 Å². The van der Waals surface area contributed by atoms with E-state index in [0.29, 0.717) is 0 Å². The van der Waals surface area contributed by atoms with Gasteiger partial charge in [-0.2, -0.15) is 0 Å². The van der Waals surface area contributed by atoms with Crippen molar-refractivity contribution >= 4 is 27.8 Å². The number of hydrogen-bond acceptors (Lipinski definition) is 1. The quantitative estimate of drug-likeness (QED) is 0.155. The predicted molar refractivity (Wildman–Crippen MR) is 226 cm³/mol. The Balaban J connectivity index is 1.20. The molecule has 0 unspecified atom stereocenters. The third-order valence-corrected chi connectivity index (χ3v) is 10.1. The Morgan fingerprint density at radius 3 is 1.34 bits per heavy atom. The number of fused-ring (bicyclic) bond motifs is 1. The van der Waals surface area contributed by atoms with Gasteiger partial charge < -0.3 is 4.90 Å². The molecule has 0 heterocycles.